The third-order valence-corrected chi connectivity index (χ3v) is 13.0. The summed E-state index contributed by atoms with van der Waals surface area (Å²) in [6.07, 6.45) is -0.575. The zero-order valence-electron chi connectivity index (χ0n) is 25.6. The quantitative estimate of drug-likeness (QED) is 0.237. The van der Waals surface area contributed by atoms with E-state index >= 15 is 0 Å². The Bertz CT molecular complexity index is 918. The van der Waals surface area contributed by atoms with E-state index < -0.39 is 53.9 Å². The highest BCUT2D eigenvalue weighted by molar-refractivity contribution is 5.18. The van der Waals surface area contributed by atoms with Crippen LogP contribution in [-0.2, 0) is 9.47 Å². The van der Waals surface area contributed by atoms with Gasteiger partial charge >= 0.3 is 0 Å². The topological polar surface area (TPSA) is 160 Å². The van der Waals surface area contributed by atoms with Crippen LogP contribution in [0.15, 0.2) is 0 Å². The molecule has 5 aliphatic rings. The Morgan fingerprint density at radius 3 is 2.27 bits per heavy atom. The van der Waals surface area contributed by atoms with Gasteiger partial charge in [-0.1, -0.05) is 34.6 Å². The van der Waals surface area contributed by atoms with E-state index in [1.165, 1.54) is 0 Å². The molecule has 0 amide bonds. The van der Waals surface area contributed by atoms with Crippen LogP contribution in [0, 0.1) is 46.3 Å². The fourth-order valence-electron chi connectivity index (χ4n) is 10.5. The molecular formula is C32H56O9. The van der Waals surface area contributed by atoms with E-state index in [0.29, 0.717) is 31.1 Å². The summed E-state index contributed by atoms with van der Waals surface area (Å²) in [5.41, 5.74) is -1.83. The van der Waals surface area contributed by atoms with Crippen LogP contribution in [0.3, 0.4) is 0 Å². The van der Waals surface area contributed by atoms with E-state index in [1.807, 2.05) is 0 Å². The van der Waals surface area contributed by atoms with E-state index in [9.17, 15) is 35.7 Å². The summed E-state index contributed by atoms with van der Waals surface area (Å²) in [4.78, 5) is 0. The number of aliphatic hydroxyl groups is 7. The first kappa shape index (κ1) is 32.0. The molecule has 0 bridgehead atoms. The predicted octanol–water partition coefficient (Wildman–Crippen LogP) is 1.96. The van der Waals surface area contributed by atoms with Crippen molar-refractivity contribution in [2.75, 3.05) is 6.61 Å². The summed E-state index contributed by atoms with van der Waals surface area (Å²) in [7, 11) is 0. The number of fused-ring (bicyclic) bond motifs is 5. The lowest BCUT2D eigenvalue weighted by Crippen LogP contribution is -2.69. The Labute approximate surface area is 245 Å². The van der Waals surface area contributed by atoms with Gasteiger partial charge in [0.05, 0.1) is 36.6 Å². The highest BCUT2D eigenvalue weighted by Crippen LogP contribution is 2.69. The van der Waals surface area contributed by atoms with Crippen molar-refractivity contribution in [3.05, 3.63) is 0 Å². The lowest BCUT2D eigenvalue weighted by molar-refractivity contribution is -0.287. The van der Waals surface area contributed by atoms with Gasteiger partial charge in [0.25, 0.3) is 0 Å². The first-order valence-electron chi connectivity index (χ1n) is 16.2. The van der Waals surface area contributed by atoms with Gasteiger partial charge < -0.3 is 45.2 Å². The van der Waals surface area contributed by atoms with Crippen molar-refractivity contribution in [1.82, 2.24) is 0 Å². The van der Waals surface area contributed by atoms with E-state index in [4.69, 9.17) is 9.47 Å². The molecule has 1 saturated heterocycles. The molecule has 0 aromatic carbocycles. The maximum Gasteiger partial charge on any atom is 0.186 e. The van der Waals surface area contributed by atoms with E-state index in [2.05, 4.69) is 34.6 Å². The van der Waals surface area contributed by atoms with Gasteiger partial charge in [-0.15, -0.1) is 0 Å². The molecule has 9 nitrogen and oxygen atoms in total. The maximum atomic E-state index is 11.7. The monoisotopic (exact) mass is 584 g/mol. The molecule has 5 fully saturated rings. The van der Waals surface area contributed by atoms with Crippen LogP contribution in [0.2, 0.25) is 0 Å². The van der Waals surface area contributed by atoms with Crippen LogP contribution >= 0.6 is 0 Å². The number of hydrogen-bond donors (Lipinski definition) is 7. The summed E-state index contributed by atoms with van der Waals surface area (Å²) in [5, 5.41) is 75.2. The fraction of sp³-hybridized carbons (Fsp3) is 1.00. The molecule has 4 saturated carbocycles. The molecule has 1 aliphatic heterocycles. The average molecular weight is 585 g/mol. The third kappa shape index (κ3) is 5.23. The first-order valence-corrected chi connectivity index (χ1v) is 16.2. The highest BCUT2D eigenvalue weighted by atomic mass is 16.7. The molecule has 0 aromatic rings. The molecule has 16 atom stereocenters. The molecule has 7 N–H and O–H groups in total. The van der Waals surface area contributed by atoms with Crippen molar-refractivity contribution in [3.63, 3.8) is 0 Å². The van der Waals surface area contributed by atoms with E-state index in [1.54, 1.807) is 0 Å². The Kier molecular flexibility index (Phi) is 9.01. The summed E-state index contributed by atoms with van der Waals surface area (Å²) >= 11 is 0. The maximum absolute atomic E-state index is 11.7. The van der Waals surface area contributed by atoms with Crippen molar-refractivity contribution >= 4 is 0 Å². The molecule has 4 aliphatic carbocycles. The average Bonchev–Trinajstić information content (AvgIpc) is 3.18. The van der Waals surface area contributed by atoms with Gasteiger partial charge in [-0.25, -0.2) is 0 Å². The van der Waals surface area contributed by atoms with Gasteiger partial charge in [0.2, 0.25) is 0 Å². The lowest BCUT2D eigenvalue weighted by atomic mass is 9.42. The molecule has 41 heavy (non-hydrogen) atoms. The lowest BCUT2D eigenvalue weighted by Gasteiger charge is -2.65. The highest BCUT2D eigenvalue weighted by Gasteiger charge is 2.68. The smallest absolute Gasteiger partial charge is 0.186 e. The summed E-state index contributed by atoms with van der Waals surface area (Å²) in [6.45, 7) is 10.8. The number of hydrogen-bond acceptors (Lipinski definition) is 9. The predicted molar refractivity (Wildman–Crippen MR) is 151 cm³/mol. The molecule has 5 rings (SSSR count). The Balaban J connectivity index is 1.27. The van der Waals surface area contributed by atoms with Gasteiger partial charge in [-0.2, -0.15) is 0 Å². The number of ether oxygens (including phenoxy) is 2. The van der Waals surface area contributed by atoms with E-state index in [0.717, 1.165) is 32.1 Å². The normalized spacial score (nSPS) is 53.3. The standard InChI is InChI=1S/C32H56O9/c1-16(2)24(41-29-28(38)27(37)23(35)15-40-29)7-6-17(3)21-13-22(34)26-19-12-25(36)32(39)14-18(33)8-11-31(32,5)20(19)9-10-30(21,26)4/h16-29,33-39H,6-15H2,1-5H3/t17-,18+,19-,20+,21-,22+,23-,24+,25-,26-,27+,28-,29+,30-,31-,32+/m1/s1. The van der Waals surface area contributed by atoms with Crippen LogP contribution in [0.4, 0.5) is 0 Å². The van der Waals surface area contributed by atoms with Gasteiger partial charge in [0, 0.05) is 11.8 Å². The van der Waals surface area contributed by atoms with Crippen LogP contribution in [-0.4, -0.2) is 97.0 Å². The van der Waals surface area contributed by atoms with Gasteiger partial charge in [-0.05, 0) is 92.3 Å². The molecule has 238 valence electrons. The summed E-state index contributed by atoms with van der Waals surface area (Å²) < 4.78 is 11.7. The summed E-state index contributed by atoms with van der Waals surface area (Å²) in [5.74, 6) is 1.19. The Morgan fingerprint density at radius 2 is 1.59 bits per heavy atom. The van der Waals surface area contributed by atoms with E-state index in [-0.39, 0.29) is 48.2 Å². The molecule has 9 heteroatoms. The SMILES string of the molecule is CC(C)[C@H](CC[C@@H](C)[C@H]1C[C@H](O)[C@H]2[C@@H]3C[C@@H](O)[C@@]4(O)C[C@@H](O)CC[C@]4(C)[C@H]3CC[C@@]21C)O[C@@H]1OC[C@@H](O)[C@H](O)[C@H]1O. The Hall–Kier alpha value is -0.360. The largest absolute Gasteiger partial charge is 0.393 e. The van der Waals surface area contributed by atoms with Gasteiger partial charge in [0.15, 0.2) is 6.29 Å². The van der Waals surface area contributed by atoms with Crippen molar-refractivity contribution in [1.29, 1.82) is 0 Å². The first-order chi connectivity index (χ1) is 19.1. The molecule has 1 heterocycles. The second-order valence-electron chi connectivity index (χ2n) is 15.5. The zero-order valence-corrected chi connectivity index (χ0v) is 25.6. The molecular weight excluding hydrogens is 528 g/mol. The van der Waals surface area contributed by atoms with Crippen LogP contribution in [0.25, 0.3) is 0 Å². The van der Waals surface area contributed by atoms with Crippen LogP contribution in [0.1, 0.15) is 92.4 Å². The molecule has 0 unspecified atom stereocenters. The van der Waals surface area contributed by atoms with Crippen molar-refractivity contribution in [3.8, 4) is 0 Å². The number of aliphatic hydroxyl groups excluding tert-OH is 6. The Morgan fingerprint density at radius 1 is 0.878 bits per heavy atom. The van der Waals surface area contributed by atoms with Crippen LogP contribution in [0.5, 0.6) is 0 Å². The zero-order chi connectivity index (χ0) is 30.1. The molecule has 0 spiro atoms. The molecule has 0 aromatic heterocycles. The van der Waals surface area contributed by atoms with Crippen molar-refractivity contribution in [2.24, 2.45) is 46.3 Å². The minimum absolute atomic E-state index is 0.0624. The minimum atomic E-state index is -1.31. The third-order valence-electron chi connectivity index (χ3n) is 13.0. The van der Waals surface area contributed by atoms with Crippen molar-refractivity contribution in [2.45, 2.75) is 147 Å². The fourth-order valence-corrected chi connectivity index (χ4v) is 10.5. The van der Waals surface area contributed by atoms with Crippen LogP contribution < -0.4 is 0 Å². The second kappa shape index (κ2) is 11.5. The van der Waals surface area contributed by atoms with Crippen molar-refractivity contribution < 1.29 is 45.2 Å². The molecule has 0 radical (unpaired) electrons. The number of rotatable bonds is 7. The van der Waals surface area contributed by atoms with Gasteiger partial charge in [0.1, 0.15) is 18.3 Å². The van der Waals surface area contributed by atoms with Gasteiger partial charge in [-0.3, -0.25) is 0 Å². The minimum Gasteiger partial charge on any atom is -0.393 e. The second-order valence-corrected chi connectivity index (χ2v) is 15.5. The summed E-state index contributed by atoms with van der Waals surface area (Å²) in [6, 6.07) is 0.